The molecular weight excluding hydrogens is 368 g/mol. The molecule has 0 amide bonds. The molecule has 2 fully saturated rings. The first-order valence-corrected chi connectivity index (χ1v) is 10.6. The van der Waals surface area contributed by atoms with Gasteiger partial charge >= 0.3 is 5.63 Å². The summed E-state index contributed by atoms with van der Waals surface area (Å²) in [5, 5.41) is 23.1. The van der Waals surface area contributed by atoms with Gasteiger partial charge in [0.15, 0.2) is 0 Å². The average Bonchev–Trinajstić information content (AvgIpc) is 2.65. The highest BCUT2D eigenvalue weighted by molar-refractivity contribution is 5.77. The molecule has 0 radical (unpaired) electrons. The molecule has 158 valence electrons. The van der Waals surface area contributed by atoms with Crippen molar-refractivity contribution in [2.24, 2.45) is 22.7 Å². The SMILES string of the molecule is CC1(C)C2CCC(COc3ccc4ccc(=O)oc4c3)C(C)(O)[C@@]2(C)CC[C@H]1O. The quantitative estimate of drug-likeness (QED) is 0.757. The van der Waals surface area contributed by atoms with E-state index in [1.54, 1.807) is 12.1 Å². The van der Waals surface area contributed by atoms with E-state index < -0.39 is 5.60 Å². The third kappa shape index (κ3) is 3.19. The van der Waals surface area contributed by atoms with Gasteiger partial charge in [0.2, 0.25) is 0 Å². The first-order chi connectivity index (χ1) is 13.6. The summed E-state index contributed by atoms with van der Waals surface area (Å²) in [4.78, 5) is 11.5. The molecule has 2 aliphatic carbocycles. The van der Waals surface area contributed by atoms with Crippen LogP contribution in [0.4, 0.5) is 0 Å². The number of benzene rings is 1. The fourth-order valence-corrected chi connectivity index (χ4v) is 6.02. The molecule has 29 heavy (non-hydrogen) atoms. The van der Waals surface area contributed by atoms with Gasteiger partial charge in [-0.25, -0.2) is 4.79 Å². The molecule has 2 saturated carbocycles. The highest BCUT2D eigenvalue weighted by atomic mass is 16.5. The summed E-state index contributed by atoms with van der Waals surface area (Å²) < 4.78 is 11.3. The monoisotopic (exact) mass is 400 g/mol. The van der Waals surface area contributed by atoms with Crippen LogP contribution < -0.4 is 10.4 Å². The van der Waals surface area contributed by atoms with Crippen LogP contribution in [-0.2, 0) is 0 Å². The molecular formula is C24H32O5. The standard InChI is InChI=1S/C24H32O5/c1-22(2)19-9-7-16(24(4,27)23(19,3)12-11-20(22)25)14-28-17-8-5-15-6-10-21(26)29-18(15)13-17/h5-6,8,10,13,16,19-20,25,27H,7,9,11-12,14H2,1-4H3/t16?,19?,20-,23+,24?/m1/s1. The lowest BCUT2D eigenvalue weighted by Crippen LogP contribution is -2.64. The molecule has 0 spiro atoms. The fraction of sp³-hybridized carbons (Fsp3) is 0.625. The highest BCUT2D eigenvalue weighted by Crippen LogP contribution is 2.62. The van der Waals surface area contributed by atoms with Gasteiger partial charge in [-0.05, 0) is 67.6 Å². The van der Waals surface area contributed by atoms with Crippen LogP contribution in [0, 0.1) is 22.7 Å². The maximum Gasteiger partial charge on any atom is 0.336 e. The number of aliphatic hydroxyl groups is 2. The summed E-state index contributed by atoms with van der Waals surface area (Å²) in [5.74, 6) is 0.891. The van der Waals surface area contributed by atoms with E-state index in [4.69, 9.17) is 9.15 Å². The van der Waals surface area contributed by atoms with Gasteiger partial charge in [0.1, 0.15) is 11.3 Å². The number of fused-ring (bicyclic) bond motifs is 2. The first kappa shape index (κ1) is 20.4. The van der Waals surface area contributed by atoms with Gasteiger partial charge in [-0.1, -0.05) is 20.8 Å². The molecule has 2 N–H and O–H groups in total. The Morgan fingerprint density at radius 2 is 1.83 bits per heavy atom. The molecule has 5 nitrogen and oxygen atoms in total. The van der Waals surface area contributed by atoms with Crippen LogP contribution in [0.15, 0.2) is 39.5 Å². The molecule has 4 rings (SSSR count). The Balaban J connectivity index is 1.54. The molecule has 0 aliphatic heterocycles. The van der Waals surface area contributed by atoms with E-state index in [9.17, 15) is 15.0 Å². The Morgan fingerprint density at radius 1 is 1.10 bits per heavy atom. The molecule has 5 atom stereocenters. The molecule has 2 aromatic rings. The van der Waals surface area contributed by atoms with Crippen LogP contribution >= 0.6 is 0 Å². The second-order valence-corrected chi connectivity index (χ2v) is 10.0. The molecule has 3 unspecified atom stereocenters. The van der Waals surface area contributed by atoms with E-state index in [-0.39, 0.29) is 34.4 Å². The largest absolute Gasteiger partial charge is 0.493 e. The van der Waals surface area contributed by atoms with E-state index in [2.05, 4.69) is 20.8 Å². The maximum atomic E-state index is 11.7. The lowest BCUT2D eigenvalue weighted by molar-refractivity contribution is -0.227. The molecule has 5 heteroatoms. The van der Waals surface area contributed by atoms with Crippen LogP contribution in [0.25, 0.3) is 11.0 Å². The van der Waals surface area contributed by atoms with Gasteiger partial charge in [-0.2, -0.15) is 0 Å². The average molecular weight is 401 g/mol. The van der Waals surface area contributed by atoms with Crippen LogP contribution in [0.1, 0.15) is 53.4 Å². The summed E-state index contributed by atoms with van der Waals surface area (Å²) in [6.07, 6.45) is 3.03. The van der Waals surface area contributed by atoms with Crippen LogP contribution in [-0.4, -0.2) is 28.5 Å². The fourth-order valence-electron chi connectivity index (χ4n) is 6.02. The van der Waals surface area contributed by atoms with Crippen LogP contribution in [0.3, 0.4) is 0 Å². The van der Waals surface area contributed by atoms with E-state index in [1.807, 2.05) is 19.1 Å². The summed E-state index contributed by atoms with van der Waals surface area (Å²) in [6.45, 7) is 8.80. The summed E-state index contributed by atoms with van der Waals surface area (Å²) in [5.41, 5.74) is -1.25. The van der Waals surface area contributed by atoms with Crippen molar-refractivity contribution in [2.45, 2.75) is 65.1 Å². The number of rotatable bonds is 3. The summed E-state index contributed by atoms with van der Waals surface area (Å²) in [7, 11) is 0. The lowest BCUT2D eigenvalue weighted by Gasteiger charge is -2.63. The van der Waals surface area contributed by atoms with Crippen LogP contribution in [0.5, 0.6) is 5.75 Å². The maximum absolute atomic E-state index is 11.7. The van der Waals surface area contributed by atoms with Gasteiger partial charge in [0.05, 0.1) is 18.3 Å². The predicted octanol–water partition coefficient (Wildman–Crippen LogP) is 4.14. The first-order valence-electron chi connectivity index (χ1n) is 10.6. The molecule has 1 aromatic carbocycles. The van der Waals surface area contributed by atoms with Gasteiger partial charge in [-0.3, -0.25) is 0 Å². The zero-order valence-electron chi connectivity index (χ0n) is 17.8. The molecule has 0 bridgehead atoms. The number of ether oxygens (including phenoxy) is 1. The van der Waals surface area contributed by atoms with Gasteiger partial charge < -0.3 is 19.4 Å². The lowest BCUT2D eigenvalue weighted by atomic mass is 9.44. The molecule has 2 aliphatic rings. The normalized spacial score (nSPS) is 36.6. The Kier molecular flexibility index (Phi) is 4.82. The van der Waals surface area contributed by atoms with Gasteiger partial charge in [0.25, 0.3) is 0 Å². The van der Waals surface area contributed by atoms with E-state index in [0.29, 0.717) is 24.4 Å². The van der Waals surface area contributed by atoms with E-state index in [1.165, 1.54) is 6.07 Å². The minimum absolute atomic E-state index is 0.00623. The van der Waals surface area contributed by atoms with Crippen molar-refractivity contribution >= 4 is 11.0 Å². The van der Waals surface area contributed by atoms with E-state index >= 15 is 0 Å². The van der Waals surface area contributed by atoms with Crippen molar-refractivity contribution in [3.05, 3.63) is 40.8 Å². The van der Waals surface area contributed by atoms with Crippen molar-refractivity contribution in [3.8, 4) is 5.75 Å². The van der Waals surface area contributed by atoms with Crippen LogP contribution in [0.2, 0.25) is 0 Å². The van der Waals surface area contributed by atoms with Gasteiger partial charge in [-0.15, -0.1) is 0 Å². The zero-order valence-corrected chi connectivity index (χ0v) is 17.8. The zero-order chi connectivity index (χ0) is 21.0. The molecule has 1 heterocycles. The van der Waals surface area contributed by atoms with Gasteiger partial charge in [0, 0.05) is 23.4 Å². The van der Waals surface area contributed by atoms with Crippen molar-refractivity contribution < 1.29 is 19.4 Å². The second-order valence-electron chi connectivity index (χ2n) is 10.0. The van der Waals surface area contributed by atoms with Crippen molar-refractivity contribution in [3.63, 3.8) is 0 Å². The highest BCUT2D eigenvalue weighted by Gasteiger charge is 2.62. The summed E-state index contributed by atoms with van der Waals surface area (Å²) >= 11 is 0. The summed E-state index contributed by atoms with van der Waals surface area (Å²) in [6, 6.07) is 8.61. The topological polar surface area (TPSA) is 79.9 Å². The Morgan fingerprint density at radius 3 is 2.59 bits per heavy atom. The minimum atomic E-state index is -0.892. The van der Waals surface area contributed by atoms with E-state index in [0.717, 1.165) is 24.6 Å². The molecule has 1 aromatic heterocycles. The van der Waals surface area contributed by atoms with Crippen molar-refractivity contribution in [2.75, 3.05) is 6.61 Å². The number of hydrogen-bond donors (Lipinski definition) is 2. The third-order valence-corrected chi connectivity index (χ3v) is 8.26. The number of aliphatic hydroxyl groups excluding tert-OH is 1. The Labute approximate surface area is 171 Å². The number of hydrogen-bond acceptors (Lipinski definition) is 5. The molecule has 0 saturated heterocycles. The Hall–Kier alpha value is -1.85. The third-order valence-electron chi connectivity index (χ3n) is 8.26. The smallest absolute Gasteiger partial charge is 0.336 e. The predicted molar refractivity (Wildman–Crippen MR) is 112 cm³/mol. The van der Waals surface area contributed by atoms with Crippen molar-refractivity contribution in [1.29, 1.82) is 0 Å². The van der Waals surface area contributed by atoms with Crippen molar-refractivity contribution in [1.82, 2.24) is 0 Å². The second kappa shape index (κ2) is 6.85. The minimum Gasteiger partial charge on any atom is -0.493 e. The Bertz CT molecular complexity index is 959.